The summed E-state index contributed by atoms with van der Waals surface area (Å²) in [5.74, 6) is 0.246. The third kappa shape index (κ3) is 3.21. The van der Waals surface area contributed by atoms with Crippen LogP contribution in [0.4, 0.5) is 5.95 Å². The Morgan fingerprint density at radius 2 is 2.09 bits per heavy atom. The molecule has 0 aliphatic carbocycles. The lowest BCUT2D eigenvalue weighted by molar-refractivity contribution is -0.136. The van der Waals surface area contributed by atoms with Gasteiger partial charge in [0.15, 0.2) is 0 Å². The third-order valence-corrected chi connectivity index (χ3v) is 3.93. The summed E-state index contributed by atoms with van der Waals surface area (Å²) in [7, 11) is 3.69. The first-order valence-corrected chi connectivity index (χ1v) is 7.67. The fourth-order valence-corrected chi connectivity index (χ4v) is 2.73. The zero-order valence-electron chi connectivity index (χ0n) is 12.6. The molecule has 0 aliphatic heterocycles. The lowest BCUT2D eigenvalue weighted by atomic mass is 10.2. The maximum absolute atomic E-state index is 11.0. The molecule has 0 radical (unpaired) electrons. The Balaban J connectivity index is 2.01. The molecule has 7 nitrogen and oxygen atoms in total. The number of thiophene rings is 1. The van der Waals surface area contributed by atoms with E-state index in [4.69, 9.17) is 9.52 Å². The molecule has 0 aromatic carbocycles. The van der Waals surface area contributed by atoms with Gasteiger partial charge in [0, 0.05) is 26.5 Å². The predicted molar refractivity (Wildman–Crippen MR) is 86.5 cm³/mol. The quantitative estimate of drug-likeness (QED) is 0.768. The zero-order valence-corrected chi connectivity index (χ0v) is 13.4. The van der Waals surface area contributed by atoms with Gasteiger partial charge in [-0.2, -0.15) is 0 Å². The molecule has 118 valence electrons. The van der Waals surface area contributed by atoms with E-state index >= 15 is 0 Å². The fourth-order valence-electron chi connectivity index (χ4n) is 2.00. The average Bonchev–Trinajstić information content (AvgIpc) is 3.16. The summed E-state index contributed by atoms with van der Waals surface area (Å²) in [6.45, 7) is 0. The summed E-state index contributed by atoms with van der Waals surface area (Å²) in [6.07, 6.45) is 2.99. The van der Waals surface area contributed by atoms with Gasteiger partial charge in [0.1, 0.15) is 17.9 Å². The number of carboxylic acids is 1. The lowest BCUT2D eigenvalue weighted by Crippen LogP contribution is -2.12. The van der Waals surface area contributed by atoms with Gasteiger partial charge in [-0.25, -0.2) is 15.0 Å². The third-order valence-electron chi connectivity index (χ3n) is 3.05. The normalized spacial score (nSPS) is 10.7. The summed E-state index contributed by atoms with van der Waals surface area (Å²) in [5.41, 5.74) is 1.15. The van der Waals surface area contributed by atoms with E-state index in [0.717, 1.165) is 4.88 Å². The Hall–Kier alpha value is -2.74. The molecule has 3 rings (SSSR count). The fraction of sp³-hybridized carbons (Fsp3) is 0.200. The van der Waals surface area contributed by atoms with Gasteiger partial charge in [-0.05, 0) is 11.4 Å². The van der Waals surface area contributed by atoms with Crippen LogP contribution in [0.2, 0.25) is 0 Å². The van der Waals surface area contributed by atoms with Crippen molar-refractivity contribution < 1.29 is 14.3 Å². The minimum atomic E-state index is -0.968. The largest absolute Gasteiger partial charge is 0.481 e. The number of anilines is 1. The number of nitrogens with zero attached hydrogens (tertiary/aromatic N) is 4. The van der Waals surface area contributed by atoms with Gasteiger partial charge >= 0.3 is 5.97 Å². The van der Waals surface area contributed by atoms with Gasteiger partial charge in [0.05, 0.1) is 10.4 Å². The molecule has 0 saturated heterocycles. The Morgan fingerprint density at radius 3 is 2.65 bits per heavy atom. The van der Waals surface area contributed by atoms with E-state index in [1.165, 1.54) is 11.3 Å². The Bertz CT molecular complexity index is 810. The van der Waals surface area contributed by atoms with E-state index in [2.05, 4.69) is 15.0 Å². The van der Waals surface area contributed by atoms with Crippen LogP contribution in [-0.2, 0) is 11.2 Å². The minimum absolute atomic E-state index is 0.225. The van der Waals surface area contributed by atoms with E-state index in [0.29, 0.717) is 28.9 Å². The molecule has 0 amide bonds. The monoisotopic (exact) mass is 330 g/mol. The topological polar surface area (TPSA) is 92.4 Å². The molecular weight excluding hydrogens is 316 g/mol. The second kappa shape index (κ2) is 6.17. The van der Waals surface area contributed by atoms with Crippen molar-refractivity contribution in [3.63, 3.8) is 0 Å². The summed E-state index contributed by atoms with van der Waals surface area (Å²) in [6, 6.07) is 3.76. The van der Waals surface area contributed by atoms with Crippen molar-refractivity contribution in [3.8, 4) is 22.0 Å². The molecule has 1 N–H and O–H groups in total. The molecule has 0 aliphatic rings. The van der Waals surface area contributed by atoms with Gasteiger partial charge in [0.2, 0.25) is 11.8 Å². The van der Waals surface area contributed by atoms with Crippen molar-refractivity contribution in [1.29, 1.82) is 0 Å². The zero-order chi connectivity index (χ0) is 16.4. The van der Waals surface area contributed by atoms with Gasteiger partial charge in [-0.3, -0.25) is 4.79 Å². The first-order valence-electron chi connectivity index (χ1n) is 6.79. The average molecular weight is 330 g/mol. The van der Waals surface area contributed by atoms with E-state index in [-0.39, 0.29) is 6.42 Å². The highest BCUT2D eigenvalue weighted by atomic mass is 32.1. The molecule has 0 bridgehead atoms. The van der Waals surface area contributed by atoms with Crippen molar-refractivity contribution >= 4 is 23.3 Å². The number of aliphatic carboxylic acids is 1. The Morgan fingerprint density at radius 1 is 1.35 bits per heavy atom. The highest BCUT2D eigenvalue weighted by molar-refractivity contribution is 7.13. The molecule has 3 heterocycles. The Labute approximate surface area is 136 Å². The lowest BCUT2D eigenvalue weighted by Gasteiger charge is -2.08. The summed E-state index contributed by atoms with van der Waals surface area (Å²) >= 11 is 1.48. The smallest absolute Gasteiger partial charge is 0.311 e. The molecule has 3 aromatic rings. The minimum Gasteiger partial charge on any atom is -0.481 e. The van der Waals surface area contributed by atoms with Gasteiger partial charge in [0.25, 0.3) is 0 Å². The number of oxazole rings is 1. The maximum Gasteiger partial charge on any atom is 0.311 e. The SMILES string of the molecule is CN(C)c1ncc(-c2nc(-c3cccs3)c(CC(=O)O)o2)cn1. The molecule has 0 unspecified atom stereocenters. The molecule has 0 fully saturated rings. The van der Waals surface area contributed by atoms with E-state index < -0.39 is 5.97 Å². The van der Waals surface area contributed by atoms with Crippen LogP contribution >= 0.6 is 11.3 Å². The predicted octanol–water partition coefficient (Wildman–Crippen LogP) is 2.55. The molecular formula is C15H14N4O3S. The van der Waals surface area contributed by atoms with E-state index in [9.17, 15) is 4.79 Å². The molecule has 23 heavy (non-hydrogen) atoms. The highest BCUT2D eigenvalue weighted by Crippen LogP contribution is 2.31. The molecule has 8 heteroatoms. The molecule has 0 spiro atoms. The summed E-state index contributed by atoms with van der Waals surface area (Å²) in [4.78, 5) is 26.6. The van der Waals surface area contributed by atoms with Crippen LogP contribution in [0.3, 0.4) is 0 Å². The number of carbonyl (C=O) groups is 1. The van der Waals surface area contributed by atoms with E-state index in [1.807, 2.05) is 31.6 Å². The van der Waals surface area contributed by atoms with Crippen LogP contribution in [0.1, 0.15) is 5.76 Å². The van der Waals surface area contributed by atoms with Crippen molar-refractivity contribution in [2.45, 2.75) is 6.42 Å². The summed E-state index contributed by atoms with van der Waals surface area (Å²) < 4.78 is 5.66. The molecule has 0 saturated carbocycles. The maximum atomic E-state index is 11.0. The van der Waals surface area contributed by atoms with Crippen molar-refractivity contribution in [2.24, 2.45) is 0 Å². The van der Waals surface area contributed by atoms with Crippen molar-refractivity contribution in [1.82, 2.24) is 15.0 Å². The molecule has 3 aromatic heterocycles. The van der Waals surface area contributed by atoms with Gasteiger partial charge in [-0.1, -0.05) is 6.07 Å². The van der Waals surface area contributed by atoms with Crippen LogP contribution in [0.25, 0.3) is 22.0 Å². The number of carboxylic acid groups (broad SMARTS) is 1. The number of hydrogen-bond acceptors (Lipinski definition) is 7. The molecule has 0 atom stereocenters. The summed E-state index contributed by atoms with van der Waals surface area (Å²) in [5, 5.41) is 11.0. The number of hydrogen-bond donors (Lipinski definition) is 1. The first-order chi connectivity index (χ1) is 11.0. The number of rotatable bonds is 5. The van der Waals surface area contributed by atoms with Crippen LogP contribution in [0.15, 0.2) is 34.3 Å². The van der Waals surface area contributed by atoms with Crippen LogP contribution in [0, 0.1) is 0 Å². The first kappa shape index (κ1) is 15.2. The van der Waals surface area contributed by atoms with Gasteiger partial charge in [-0.15, -0.1) is 11.3 Å². The van der Waals surface area contributed by atoms with E-state index in [1.54, 1.807) is 17.3 Å². The highest BCUT2D eigenvalue weighted by Gasteiger charge is 2.19. The number of aromatic nitrogens is 3. The van der Waals surface area contributed by atoms with Crippen LogP contribution in [0.5, 0.6) is 0 Å². The van der Waals surface area contributed by atoms with Gasteiger partial charge < -0.3 is 14.4 Å². The second-order valence-corrected chi connectivity index (χ2v) is 5.95. The van der Waals surface area contributed by atoms with Crippen LogP contribution in [-0.4, -0.2) is 40.1 Å². The standard InChI is InChI=1S/C15H14N4O3S/c1-19(2)15-16-7-9(8-17-15)14-18-13(11-4-3-5-23-11)10(22-14)6-12(20)21/h3-5,7-8H,6H2,1-2H3,(H,20,21). The Kier molecular flexibility index (Phi) is 4.07. The van der Waals surface area contributed by atoms with Crippen molar-refractivity contribution in [3.05, 3.63) is 35.7 Å². The van der Waals surface area contributed by atoms with Crippen molar-refractivity contribution in [2.75, 3.05) is 19.0 Å². The second-order valence-electron chi connectivity index (χ2n) is 5.00. The van der Waals surface area contributed by atoms with Crippen LogP contribution < -0.4 is 4.90 Å².